The highest BCUT2D eigenvalue weighted by molar-refractivity contribution is 7.92. The maximum Gasteiger partial charge on any atom is 0.194 e. The van der Waals surface area contributed by atoms with Crippen molar-refractivity contribution in [2.75, 3.05) is 6.54 Å². The van der Waals surface area contributed by atoms with Crippen LogP contribution in [0.2, 0.25) is 0 Å². The molecule has 0 amide bonds. The molecule has 5 heteroatoms. The van der Waals surface area contributed by atoms with Gasteiger partial charge >= 0.3 is 0 Å². The van der Waals surface area contributed by atoms with E-state index in [0.29, 0.717) is 17.4 Å². The van der Waals surface area contributed by atoms with Crippen molar-refractivity contribution in [1.82, 2.24) is 5.32 Å². The number of hydrogen-bond donors (Lipinski definition) is 1. The minimum atomic E-state index is -3.49. The van der Waals surface area contributed by atoms with Crippen molar-refractivity contribution in [2.24, 2.45) is 0 Å². The van der Waals surface area contributed by atoms with Crippen molar-refractivity contribution in [1.29, 1.82) is 0 Å². The van der Waals surface area contributed by atoms with E-state index in [1.54, 1.807) is 24.3 Å². The minimum absolute atomic E-state index is 0.166. The Kier molecular flexibility index (Phi) is 4.74. The van der Waals surface area contributed by atoms with Gasteiger partial charge in [-0.1, -0.05) is 38.1 Å². The molecule has 128 valence electrons. The minimum Gasteiger partial charge on any atom is -0.300 e. The van der Waals surface area contributed by atoms with Crippen molar-refractivity contribution in [3.05, 3.63) is 65.5 Å². The summed E-state index contributed by atoms with van der Waals surface area (Å²) >= 11 is 0. The molecule has 1 N–H and O–H groups in total. The highest BCUT2D eigenvalue weighted by Crippen LogP contribution is 2.34. The summed E-state index contributed by atoms with van der Waals surface area (Å²) in [5.74, 6) is -0.118. The standard InChI is InChI=1S/C19H22FNO2S/c1-13(2)14-5-9-17(10-6-14)24(22,23)19-18(11-12-21-19)15-3-7-16(20)8-4-15/h3-10,13,18-19,21H,11-12H2,1-2H3. The van der Waals surface area contributed by atoms with E-state index in [1.165, 1.54) is 12.1 Å². The Morgan fingerprint density at radius 1 is 1.04 bits per heavy atom. The Bertz CT molecular complexity index is 798. The van der Waals surface area contributed by atoms with Crippen LogP contribution in [0.15, 0.2) is 53.4 Å². The van der Waals surface area contributed by atoms with Crippen LogP contribution in [0.4, 0.5) is 4.39 Å². The van der Waals surface area contributed by atoms with Gasteiger partial charge in [-0.15, -0.1) is 0 Å². The first-order valence-corrected chi connectivity index (χ1v) is 9.77. The van der Waals surface area contributed by atoms with E-state index >= 15 is 0 Å². The quantitative estimate of drug-likeness (QED) is 0.914. The average molecular weight is 347 g/mol. The van der Waals surface area contributed by atoms with Gasteiger partial charge in [-0.25, -0.2) is 12.8 Å². The van der Waals surface area contributed by atoms with E-state index in [9.17, 15) is 12.8 Å². The van der Waals surface area contributed by atoms with Crippen LogP contribution in [0.25, 0.3) is 0 Å². The summed E-state index contributed by atoms with van der Waals surface area (Å²) in [5.41, 5.74) is 1.97. The van der Waals surface area contributed by atoms with Crippen LogP contribution < -0.4 is 5.32 Å². The molecule has 2 unspecified atom stereocenters. The summed E-state index contributed by atoms with van der Waals surface area (Å²) in [5, 5.41) is 2.44. The Morgan fingerprint density at radius 3 is 2.25 bits per heavy atom. The van der Waals surface area contributed by atoms with Gasteiger partial charge in [0.25, 0.3) is 0 Å². The van der Waals surface area contributed by atoms with Gasteiger partial charge in [0.15, 0.2) is 9.84 Å². The predicted octanol–water partition coefficient (Wildman–Crippen LogP) is 3.83. The lowest BCUT2D eigenvalue weighted by atomic mass is 9.98. The molecule has 1 saturated heterocycles. The lowest BCUT2D eigenvalue weighted by Crippen LogP contribution is -2.34. The van der Waals surface area contributed by atoms with Crippen molar-refractivity contribution >= 4 is 9.84 Å². The van der Waals surface area contributed by atoms with Crippen molar-refractivity contribution < 1.29 is 12.8 Å². The van der Waals surface area contributed by atoms with Gasteiger partial charge in [0.1, 0.15) is 11.2 Å². The SMILES string of the molecule is CC(C)c1ccc(S(=O)(=O)C2NCCC2c2ccc(F)cc2)cc1. The van der Waals surface area contributed by atoms with Crippen LogP contribution in [0.3, 0.4) is 0 Å². The molecule has 0 aliphatic carbocycles. The highest BCUT2D eigenvalue weighted by Gasteiger charge is 2.38. The van der Waals surface area contributed by atoms with Gasteiger partial charge in [0.05, 0.1) is 4.90 Å². The van der Waals surface area contributed by atoms with E-state index in [-0.39, 0.29) is 11.7 Å². The van der Waals surface area contributed by atoms with E-state index in [1.807, 2.05) is 12.1 Å². The van der Waals surface area contributed by atoms with Gasteiger partial charge in [0.2, 0.25) is 0 Å². The van der Waals surface area contributed by atoms with E-state index < -0.39 is 15.2 Å². The van der Waals surface area contributed by atoms with Crippen LogP contribution in [0.5, 0.6) is 0 Å². The zero-order chi connectivity index (χ0) is 17.3. The first-order valence-electron chi connectivity index (χ1n) is 8.22. The molecule has 2 aromatic rings. The maximum atomic E-state index is 13.1. The fourth-order valence-electron chi connectivity index (χ4n) is 3.24. The summed E-state index contributed by atoms with van der Waals surface area (Å²) in [6, 6.07) is 13.2. The molecule has 1 aliphatic rings. The predicted molar refractivity (Wildman–Crippen MR) is 93.3 cm³/mol. The monoisotopic (exact) mass is 347 g/mol. The van der Waals surface area contributed by atoms with Crippen LogP contribution in [-0.4, -0.2) is 20.3 Å². The second kappa shape index (κ2) is 6.65. The van der Waals surface area contributed by atoms with Crippen molar-refractivity contribution in [2.45, 2.75) is 42.4 Å². The summed E-state index contributed by atoms with van der Waals surface area (Å²) in [6.45, 7) is 4.79. The molecule has 3 rings (SSSR count). The normalized spacial score (nSPS) is 21.3. The van der Waals surface area contributed by atoms with Crippen LogP contribution in [0, 0.1) is 5.82 Å². The number of rotatable bonds is 4. The van der Waals surface area contributed by atoms with E-state index in [0.717, 1.165) is 17.5 Å². The largest absolute Gasteiger partial charge is 0.300 e. The number of benzene rings is 2. The lowest BCUT2D eigenvalue weighted by Gasteiger charge is -2.21. The molecule has 3 nitrogen and oxygen atoms in total. The van der Waals surface area contributed by atoms with Crippen LogP contribution >= 0.6 is 0 Å². The molecule has 0 radical (unpaired) electrons. The summed E-state index contributed by atoms with van der Waals surface area (Å²) in [7, 11) is -3.49. The number of sulfone groups is 1. The highest BCUT2D eigenvalue weighted by atomic mass is 32.2. The molecular weight excluding hydrogens is 325 g/mol. The Hall–Kier alpha value is -1.72. The van der Waals surface area contributed by atoms with Gasteiger partial charge in [0, 0.05) is 5.92 Å². The number of hydrogen-bond acceptors (Lipinski definition) is 3. The lowest BCUT2D eigenvalue weighted by molar-refractivity contribution is 0.558. The fraction of sp³-hybridized carbons (Fsp3) is 0.368. The van der Waals surface area contributed by atoms with Crippen LogP contribution in [-0.2, 0) is 9.84 Å². The molecule has 0 spiro atoms. The van der Waals surface area contributed by atoms with Crippen LogP contribution in [0.1, 0.15) is 43.2 Å². The fourth-order valence-corrected chi connectivity index (χ4v) is 5.11. The van der Waals surface area contributed by atoms with Gasteiger partial charge in [-0.2, -0.15) is 0 Å². The summed E-state index contributed by atoms with van der Waals surface area (Å²) < 4.78 is 39.2. The zero-order valence-corrected chi connectivity index (χ0v) is 14.7. The number of halogens is 1. The molecule has 0 saturated carbocycles. The summed E-state index contributed by atoms with van der Waals surface area (Å²) in [4.78, 5) is 0.332. The molecule has 2 aromatic carbocycles. The summed E-state index contributed by atoms with van der Waals surface area (Å²) in [6.07, 6.45) is 0.722. The Morgan fingerprint density at radius 2 is 1.67 bits per heavy atom. The molecule has 1 fully saturated rings. The van der Waals surface area contributed by atoms with E-state index in [2.05, 4.69) is 19.2 Å². The Labute approximate surface area is 142 Å². The van der Waals surface area contributed by atoms with Gasteiger partial charge in [-0.3, -0.25) is 0 Å². The second-order valence-corrected chi connectivity index (χ2v) is 8.66. The van der Waals surface area contributed by atoms with Gasteiger partial charge in [-0.05, 0) is 54.3 Å². The molecule has 0 bridgehead atoms. The van der Waals surface area contributed by atoms with Crippen molar-refractivity contribution in [3.8, 4) is 0 Å². The molecule has 2 atom stereocenters. The topological polar surface area (TPSA) is 46.2 Å². The second-order valence-electron chi connectivity index (χ2n) is 6.59. The third-order valence-corrected chi connectivity index (χ3v) is 6.77. The molecular formula is C19H22FNO2S. The third kappa shape index (κ3) is 3.23. The van der Waals surface area contributed by atoms with E-state index in [4.69, 9.17) is 0 Å². The Balaban J connectivity index is 1.91. The molecule has 0 aromatic heterocycles. The molecule has 1 aliphatic heterocycles. The smallest absolute Gasteiger partial charge is 0.194 e. The van der Waals surface area contributed by atoms with Gasteiger partial charge < -0.3 is 5.32 Å². The first kappa shape index (κ1) is 17.1. The number of nitrogens with one attached hydrogen (secondary N) is 1. The third-order valence-electron chi connectivity index (χ3n) is 4.67. The van der Waals surface area contributed by atoms with Crippen molar-refractivity contribution in [3.63, 3.8) is 0 Å². The molecule has 1 heterocycles. The molecule has 24 heavy (non-hydrogen) atoms. The zero-order valence-electron chi connectivity index (χ0n) is 13.9. The first-order chi connectivity index (χ1) is 11.4. The average Bonchev–Trinajstić information content (AvgIpc) is 3.06. The maximum absolute atomic E-state index is 13.1.